The van der Waals surface area contributed by atoms with Crippen LogP contribution in [-0.2, 0) is 11.4 Å². The van der Waals surface area contributed by atoms with Crippen molar-refractivity contribution in [3.05, 3.63) is 65.7 Å². The van der Waals surface area contributed by atoms with Crippen molar-refractivity contribution < 1.29 is 9.53 Å². The number of thioether (sulfide) groups is 1. The van der Waals surface area contributed by atoms with E-state index < -0.39 is 0 Å². The van der Waals surface area contributed by atoms with Crippen LogP contribution in [0.15, 0.2) is 54.6 Å². The van der Waals surface area contributed by atoms with Crippen LogP contribution in [0.4, 0.5) is 0 Å². The molecule has 2 unspecified atom stereocenters. The summed E-state index contributed by atoms with van der Waals surface area (Å²) < 4.78 is 5.76. The molecule has 0 aromatic heterocycles. The van der Waals surface area contributed by atoms with Gasteiger partial charge in [0.25, 0.3) is 0 Å². The standard InChI is InChI=1S/C17H17NO2S/c1-12-16(19)18-17(21-12)14-7-9-15(10-8-14)20-11-13-5-3-2-4-6-13/h2-10,12,17H,11H2,1H3,(H,18,19). The summed E-state index contributed by atoms with van der Waals surface area (Å²) in [5.74, 6) is 0.944. The molecule has 2 atom stereocenters. The number of hydrogen-bond acceptors (Lipinski definition) is 3. The minimum absolute atomic E-state index is 0.0176. The summed E-state index contributed by atoms with van der Waals surface area (Å²) in [5, 5.41) is 3.05. The average Bonchev–Trinajstić information content (AvgIpc) is 2.86. The minimum Gasteiger partial charge on any atom is -0.489 e. The normalized spacial score (nSPS) is 21.1. The van der Waals surface area contributed by atoms with E-state index in [1.165, 1.54) is 0 Å². The summed E-state index contributed by atoms with van der Waals surface area (Å²) in [5.41, 5.74) is 2.25. The zero-order valence-corrected chi connectivity index (χ0v) is 12.6. The second-order valence-corrected chi connectivity index (χ2v) is 6.46. The molecule has 0 radical (unpaired) electrons. The highest BCUT2D eigenvalue weighted by Gasteiger charge is 2.29. The first-order valence-corrected chi connectivity index (χ1v) is 7.89. The zero-order valence-electron chi connectivity index (χ0n) is 11.8. The lowest BCUT2D eigenvalue weighted by Gasteiger charge is -2.11. The molecule has 4 heteroatoms. The van der Waals surface area contributed by atoms with Gasteiger partial charge in [-0.2, -0.15) is 0 Å². The van der Waals surface area contributed by atoms with Crippen LogP contribution in [0.1, 0.15) is 23.4 Å². The summed E-state index contributed by atoms with van der Waals surface area (Å²) in [6, 6.07) is 18.0. The Morgan fingerprint density at radius 1 is 1.10 bits per heavy atom. The number of benzene rings is 2. The Hall–Kier alpha value is -1.94. The summed E-state index contributed by atoms with van der Waals surface area (Å²) in [7, 11) is 0. The van der Waals surface area contributed by atoms with E-state index in [-0.39, 0.29) is 16.5 Å². The third-order valence-corrected chi connectivity index (χ3v) is 4.70. The van der Waals surface area contributed by atoms with Gasteiger partial charge >= 0.3 is 0 Å². The maximum Gasteiger partial charge on any atom is 0.234 e. The van der Waals surface area contributed by atoms with Crippen molar-refractivity contribution >= 4 is 17.7 Å². The molecular formula is C17H17NO2S. The first-order valence-electron chi connectivity index (χ1n) is 6.95. The van der Waals surface area contributed by atoms with Gasteiger partial charge in [-0.15, -0.1) is 11.8 Å². The third-order valence-electron chi connectivity index (χ3n) is 3.41. The number of hydrogen-bond donors (Lipinski definition) is 1. The Kier molecular flexibility index (Phi) is 4.15. The molecule has 3 nitrogen and oxygen atoms in total. The van der Waals surface area contributed by atoms with Crippen molar-refractivity contribution in [3.8, 4) is 5.75 Å². The predicted octanol–water partition coefficient (Wildman–Crippen LogP) is 3.52. The first-order chi connectivity index (χ1) is 10.2. The van der Waals surface area contributed by atoms with Crippen LogP contribution in [-0.4, -0.2) is 11.2 Å². The molecule has 0 bridgehead atoms. The largest absolute Gasteiger partial charge is 0.489 e. The van der Waals surface area contributed by atoms with Crippen LogP contribution in [0.2, 0.25) is 0 Å². The SMILES string of the molecule is CC1SC(c2ccc(OCc3ccccc3)cc2)NC1=O. The first kappa shape index (κ1) is 14.0. The van der Waals surface area contributed by atoms with Gasteiger partial charge in [0.1, 0.15) is 17.7 Å². The number of carbonyl (C=O) groups is 1. The van der Waals surface area contributed by atoms with E-state index in [1.807, 2.05) is 61.5 Å². The number of carbonyl (C=O) groups excluding carboxylic acids is 1. The molecule has 0 saturated carbocycles. The van der Waals surface area contributed by atoms with Crippen molar-refractivity contribution in [2.24, 2.45) is 0 Å². The number of ether oxygens (including phenoxy) is 1. The second-order valence-electron chi connectivity index (χ2n) is 5.01. The van der Waals surface area contributed by atoms with Gasteiger partial charge in [-0.25, -0.2) is 0 Å². The van der Waals surface area contributed by atoms with E-state index in [0.717, 1.165) is 16.9 Å². The molecule has 1 N–H and O–H groups in total. The highest BCUT2D eigenvalue weighted by atomic mass is 32.2. The second kappa shape index (κ2) is 6.22. The molecule has 1 heterocycles. The van der Waals surface area contributed by atoms with E-state index in [0.29, 0.717) is 6.61 Å². The van der Waals surface area contributed by atoms with Crippen LogP contribution in [0, 0.1) is 0 Å². The highest BCUT2D eigenvalue weighted by molar-refractivity contribution is 8.01. The molecule has 0 spiro atoms. The van der Waals surface area contributed by atoms with Crippen LogP contribution in [0.5, 0.6) is 5.75 Å². The molecule has 1 saturated heterocycles. The van der Waals surface area contributed by atoms with Crippen LogP contribution in [0.25, 0.3) is 0 Å². The molecule has 1 aliphatic heterocycles. The zero-order chi connectivity index (χ0) is 14.7. The molecular weight excluding hydrogens is 282 g/mol. The Labute approximate surface area is 128 Å². The van der Waals surface area contributed by atoms with Crippen molar-refractivity contribution in [2.45, 2.75) is 24.2 Å². The molecule has 1 aliphatic rings. The molecule has 2 aromatic carbocycles. The Bertz CT molecular complexity index is 612. The average molecular weight is 299 g/mol. The van der Waals surface area contributed by atoms with Crippen molar-refractivity contribution in [1.82, 2.24) is 5.32 Å². The quantitative estimate of drug-likeness (QED) is 0.939. The van der Waals surface area contributed by atoms with E-state index in [4.69, 9.17) is 4.74 Å². The van der Waals surface area contributed by atoms with Crippen molar-refractivity contribution in [2.75, 3.05) is 0 Å². The molecule has 1 fully saturated rings. The lowest BCUT2D eigenvalue weighted by atomic mass is 10.2. The molecule has 108 valence electrons. The molecule has 2 aromatic rings. The summed E-state index contributed by atoms with van der Waals surface area (Å²) >= 11 is 1.64. The van der Waals surface area contributed by atoms with Gasteiger partial charge in [-0.05, 0) is 30.2 Å². The minimum atomic E-state index is 0.0176. The van der Waals surface area contributed by atoms with Gasteiger partial charge in [-0.3, -0.25) is 4.79 Å². The number of nitrogens with one attached hydrogen (secondary N) is 1. The van der Waals surface area contributed by atoms with Crippen LogP contribution >= 0.6 is 11.8 Å². The van der Waals surface area contributed by atoms with Gasteiger partial charge in [0.05, 0.1) is 5.25 Å². The summed E-state index contributed by atoms with van der Waals surface area (Å²) in [4.78, 5) is 11.5. The third kappa shape index (κ3) is 3.39. The fourth-order valence-corrected chi connectivity index (χ4v) is 3.29. The Balaban J connectivity index is 1.61. The van der Waals surface area contributed by atoms with Gasteiger partial charge < -0.3 is 10.1 Å². The lowest BCUT2D eigenvalue weighted by molar-refractivity contribution is -0.119. The van der Waals surface area contributed by atoms with E-state index >= 15 is 0 Å². The maximum absolute atomic E-state index is 11.5. The predicted molar refractivity (Wildman–Crippen MR) is 85.2 cm³/mol. The van der Waals surface area contributed by atoms with Crippen LogP contribution < -0.4 is 10.1 Å². The monoisotopic (exact) mass is 299 g/mol. The van der Waals surface area contributed by atoms with Crippen molar-refractivity contribution in [3.63, 3.8) is 0 Å². The van der Waals surface area contributed by atoms with Gasteiger partial charge in [0.15, 0.2) is 0 Å². The van der Waals surface area contributed by atoms with E-state index in [1.54, 1.807) is 11.8 Å². The smallest absolute Gasteiger partial charge is 0.234 e. The summed E-state index contributed by atoms with van der Waals surface area (Å²) in [6.45, 7) is 2.49. The highest BCUT2D eigenvalue weighted by Crippen LogP contribution is 2.35. The number of rotatable bonds is 4. The van der Waals surface area contributed by atoms with Crippen LogP contribution in [0.3, 0.4) is 0 Å². The van der Waals surface area contributed by atoms with E-state index in [9.17, 15) is 4.79 Å². The molecule has 3 rings (SSSR count). The Morgan fingerprint density at radius 2 is 1.81 bits per heavy atom. The van der Waals surface area contributed by atoms with Crippen molar-refractivity contribution in [1.29, 1.82) is 0 Å². The fourth-order valence-electron chi connectivity index (χ4n) is 2.19. The van der Waals surface area contributed by atoms with Gasteiger partial charge in [-0.1, -0.05) is 42.5 Å². The maximum atomic E-state index is 11.5. The topological polar surface area (TPSA) is 38.3 Å². The van der Waals surface area contributed by atoms with Gasteiger partial charge in [0.2, 0.25) is 5.91 Å². The molecule has 0 aliphatic carbocycles. The lowest BCUT2D eigenvalue weighted by Crippen LogP contribution is -2.22. The molecule has 21 heavy (non-hydrogen) atoms. The fraction of sp³-hybridized carbons (Fsp3) is 0.235. The van der Waals surface area contributed by atoms with E-state index in [2.05, 4.69) is 5.32 Å². The van der Waals surface area contributed by atoms with Gasteiger partial charge in [0, 0.05) is 0 Å². The Morgan fingerprint density at radius 3 is 2.43 bits per heavy atom. The summed E-state index contributed by atoms with van der Waals surface area (Å²) in [6.07, 6.45) is 0. The number of amides is 1. The molecule has 1 amide bonds.